The van der Waals surface area contributed by atoms with Gasteiger partial charge in [-0.3, -0.25) is 0 Å². The summed E-state index contributed by atoms with van der Waals surface area (Å²) in [5, 5.41) is 4.14. The van der Waals surface area contributed by atoms with Gasteiger partial charge in [0.2, 0.25) is 0 Å². The first-order valence-corrected chi connectivity index (χ1v) is 8.06. The van der Waals surface area contributed by atoms with Gasteiger partial charge in [0.05, 0.1) is 11.7 Å². The van der Waals surface area contributed by atoms with Gasteiger partial charge in [-0.05, 0) is 44.9 Å². The second-order valence-corrected chi connectivity index (χ2v) is 7.07. The third-order valence-electron chi connectivity index (χ3n) is 3.70. The van der Waals surface area contributed by atoms with Crippen LogP contribution in [0.2, 0.25) is 5.02 Å². The molecule has 4 heteroatoms. The first kappa shape index (κ1) is 16.6. The van der Waals surface area contributed by atoms with Crippen molar-refractivity contribution in [1.29, 1.82) is 0 Å². The lowest BCUT2D eigenvalue weighted by molar-refractivity contribution is -0.0327. The van der Waals surface area contributed by atoms with E-state index in [-0.39, 0.29) is 11.7 Å². The number of benzene rings is 1. The zero-order chi connectivity index (χ0) is 15.5. The summed E-state index contributed by atoms with van der Waals surface area (Å²) in [4.78, 5) is 0. The minimum Gasteiger partial charge on any atom is -0.491 e. The van der Waals surface area contributed by atoms with Gasteiger partial charge in [-0.2, -0.15) is 0 Å². The van der Waals surface area contributed by atoms with Crippen LogP contribution in [0.1, 0.15) is 46.1 Å². The number of hydrogen-bond acceptors (Lipinski definition) is 3. The molecule has 118 valence electrons. The maximum absolute atomic E-state index is 6.09. The van der Waals surface area contributed by atoms with Crippen molar-refractivity contribution in [3.63, 3.8) is 0 Å². The van der Waals surface area contributed by atoms with E-state index in [9.17, 15) is 0 Å². The zero-order valence-electron chi connectivity index (χ0n) is 13.4. The summed E-state index contributed by atoms with van der Waals surface area (Å²) >= 11 is 6.09. The minimum absolute atomic E-state index is 0.0178. The fourth-order valence-corrected chi connectivity index (χ4v) is 2.71. The fraction of sp³-hybridized carbons (Fsp3) is 0.647. The standard InChI is InChI=1S/C17H26ClNO2/c1-12(2)19-10-13-9-14(18)5-6-16(13)20-11-15-7-8-17(3,4)21-15/h5-6,9,12,15,19H,7-8,10-11H2,1-4H3. The number of nitrogens with one attached hydrogen (secondary N) is 1. The number of rotatable bonds is 6. The highest BCUT2D eigenvalue weighted by Crippen LogP contribution is 2.30. The van der Waals surface area contributed by atoms with E-state index in [4.69, 9.17) is 21.1 Å². The number of hydrogen-bond donors (Lipinski definition) is 1. The van der Waals surface area contributed by atoms with Crippen LogP contribution in [-0.4, -0.2) is 24.4 Å². The lowest BCUT2D eigenvalue weighted by Crippen LogP contribution is -2.25. The highest BCUT2D eigenvalue weighted by molar-refractivity contribution is 6.30. The second kappa shape index (κ2) is 6.99. The SMILES string of the molecule is CC(C)NCc1cc(Cl)ccc1OCC1CCC(C)(C)O1. The molecule has 2 rings (SSSR count). The van der Waals surface area contributed by atoms with E-state index >= 15 is 0 Å². The van der Waals surface area contributed by atoms with Gasteiger partial charge in [0.25, 0.3) is 0 Å². The van der Waals surface area contributed by atoms with Crippen LogP contribution < -0.4 is 10.1 Å². The summed E-state index contributed by atoms with van der Waals surface area (Å²) in [7, 11) is 0. The van der Waals surface area contributed by atoms with Crippen molar-refractivity contribution in [3.05, 3.63) is 28.8 Å². The van der Waals surface area contributed by atoms with Crippen molar-refractivity contribution in [3.8, 4) is 5.75 Å². The molecule has 1 aliphatic heterocycles. The van der Waals surface area contributed by atoms with E-state index < -0.39 is 0 Å². The number of halogens is 1. The quantitative estimate of drug-likeness (QED) is 0.855. The number of ether oxygens (including phenoxy) is 2. The maximum Gasteiger partial charge on any atom is 0.124 e. The summed E-state index contributed by atoms with van der Waals surface area (Å²) in [6.45, 7) is 9.87. The molecule has 1 N–H and O–H groups in total. The van der Waals surface area contributed by atoms with Crippen LogP contribution in [0.5, 0.6) is 5.75 Å². The van der Waals surface area contributed by atoms with Crippen LogP contribution in [0.15, 0.2) is 18.2 Å². The lowest BCUT2D eigenvalue weighted by atomic mass is 10.1. The average Bonchev–Trinajstić information content (AvgIpc) is 2.75. The summed E-state index contributed by atoms with van der Waals surface area (Å²) < 4.78 is 11.9. The Morgan fingerprint density at radius 3 is 2.81 bits per heavy atom. The van der Waals surface area contributed by atoms with Crippen molar-refractivity contribution in [1.82, 2.24) is 5.32 Å². The van der Waals surface area contributed by atoms with Crippen LogP contribution in [0, 0.1) is 0 Å². The highest BCUT2D eigenvalue weighted by Gasteiger charge is 2.32. The molecule has 1 fully saturated rings. The maximum atomic E-state index is 6.09. The Kier molecular flexibility index (Phi) is 5.53. The van der Waals surface area contributed by atoms with E-state index in [0.717, 1.165) is 35.7 Å². The third-order valence-corrected chi connectivity index (χ3v) is 3.94. The Bertz CT molecular complexity index is 474. The van der Waals surface area contributed by atoms with Crippen molar-refractivity contribution in [2.24, 2.45) is 0 Å². The molecular formula is C17H26ClNO2. The first-order valence-electron chi connectivity index (χ1n) is 7.68. The van der Waals surface area contributed by atoms with E-state index in [2.05, 4.69) is 33.0 Å². The molecule has 1 aliphatic rings. The van der Waals surface area contributed by atoms with Crippen LogP contribution in [0.25, 0.3) is 0 Å². The largest absolute Gasteiger partial charge is 0.491 e. The van der Waals surface area contributed by atoms with Gasteiger partial charge in [-0.25, -0.2) is 0 Å². The Balaban J connectivity index is 1.95. The molecule has 0 aromatic heterocycles. The zero-order valence-corrected chi connectivity index (χ0v) is 14.2. The molecule has 1 saturated heterocycles. The second-order valence-electron chi connectivity index (χ2n) is 6.64. The van der Waals surface area contributed by atoms with Crippen LogP contribution >= 0.6 is 11.6 Å². The van der Waals surface area contributed by atoms with Crippen molar-refractivity contribution in [2.75, 3.05) is 6.61 Å². The monoisotopic (exact) mass is 311 g/mol. The van der Waals surface area contributed by atoms with E-state index in [0.29, 0.717) is 12.6 Å². The Hall–Kier alpha value is -0.770. The van der Waals surface area contributed by atoms with E-state index in [1.54, 1.807) is 0 Å². The van der Waals surface area contributed by atoms with Gasteiger partial charge >= 0.3 is 0 Å². The molecule has 1 heterocycles. The average molecular weight is 312 g/mol. The first-order chi connectivity index (χ1) is 9.85. The van der Waals surface area contributed by atoms with Gasteiger partial charge in [0, 0.05) is 23.2 Å². The molecule has 1 unspecified atom stereocenters. The van der Waals surface area contributed by atoms with E-state index in [1.807, 2.05) is 18.2 Å². The van der Waals surface area contributed by atoms with Gasteiger partial charge in [0.1, 0.15) is 12.4 Å². The predicted molar refractivity (Wildman–Crippen MR) is 87.1 cm³/mol. The molecule has 21 heavy (non-hydrogen) atoms. The smallest absolute Gasteiger partial charge is 0.124 e. The van der Waals surface area contributed by atoms with Gasteiger partial charge in [-0.1, -0.05) is 25.4 Å². The molecule has 1 aromatic rings. The summed E-state index contributed by atoms with van der Waals surface area (Å²) in [5.74, 6) is 0.890. The normalized spacial score (nSPS) is 21.0. The molecule has 0 saturated carbocycles. The highest BCUT2D eigenvalue weighted by atomic mass is 35.5. The van der Waals surface area contributed by atoms with Crippen molar-refractivity contribution < 1.29 is 9.47 Å². The predicted octanol–water partition coefficient (Wildman–Crippen LogP) is 4.17. The third kappa shape index (κ3) is 5.17. The van der Waals surface area contributed by atoms with Crippen LogP contribution in [0.4, 0.5) is 0 Å². The topological polar surface area (TPSA) is 30.5 Å². The molecule has 1 aromatic carbocycles. The van der Waals surface area contributed by atoms with Crippen LogP contribution in [0.3, 0.4) is 0 Å². The lowest BCUT2D eigenvalue weighted by Gasteiger charge is -2.20. The minimum atomic E-state index is -0.0178. The van der Waals surface area contributed by atoms with Crippen molar-refractivity contribution in [2.45, 2.75) is 64.8 Å². The Morgan fingerprint density at radius 2 is 2.19 bits per heavy atom. The molecule has 0 radical (unpaired) electrons. The summed E-state index contributed by atoms with van der Waals surface area (Å²) in [5.41, 5.74) is 1.07. The molecule has 0 amide bonds. The van der Waals surface area contributed by atoms with Crippen molar-refractivity contribution >= 4 is 11.6 Å². The van der Waals surface area contributed by atoms with Gasteiger partial charge < -0.3 is 14.8 Å². The molecule has 0 aliphatic carbocycles. The molecule has 1 atom stereocenters. The van der Waals surface area contributed by atoms with Gasteiger partial charge in [0.15, 0.2) is 0 Å². The Labute approximate surface area is 133 Å². The molecule has 3 nitrogen and oxygen atoms in total. The summed E-state index contributed by atoms with van der Waals surface area (Å²) in [6.07, 6.45) is 2.32. The molecule has 0 bridgehead atoms. The van der Waals surface area contributed by atoms with Gasteiger partial charge in [-0.15, -0.1) is 0 Å². The summed E-state index contributed by atoms with van der Waals surface area (Å²) in [6, 6.07) is 6.21. The molecule has 0 spiro atoms. The van der Waals surface area contributed by atoms with E-state index in [1.165, 1.54) is 0 Å². The Morgan fingerprint density at radius 1 is 1.43 bits per heavy atom. The molecular weight excluding hydrogens is 286 g/mol. The fourth-order valence-electron chi connectivity index (χ4n) is 2.52. The van der Waals surface area contributed by atoms with Crippen LogP contribution in [-0.2, 0) is 11.3 Å².